The molecule has 0 aliphatic carbocycles. The molecule has 0 unspecified atom stereocenters. The molecular weight excluding hydrogens is 386 g/mol. The molecule has 0 atom stereocenters. The second-order valence-corrected chi connectivity index (χ2v) is 6.54. The molecule has 4 aromatic rings. The van der Waals surface area contributed by atoms with Gasteiger partial charge in [0.25, 0.3) is 5.91 Å². The van der Waals surface area contributed by atoms with Crippen molar-refractivity contribution in [1.29, 1.82) is 0 Å². The maximum absolute atomic E-state index is 12.3. The topological polar surface area (TPSA) is 72.2 Å². The predicted octanol–water partition coefficient (Wildman–Crippen LogP) is 4.35. The van der Waals surface area contributed by atoms with Gasteiger partial charge in [0, 0.05) is 29.7 Å². The Bertz CT molecular complexity index is 1160. The summed E-state index contributed by atoms with van der Waals surface area (Å²) in [5.41, 5.74) is 6.08. The first-order chi connectivity index (χ1) is 14.2. The number of rotatable bonds is 5. The van der Waals surface area contributed by atoms with Crippen LogP contribution < -0.4 is 5.43 Å². The van der Waals surface area contributed by atoms with Crippen molar-refractivity contribution in [2.75, 3.05) is 0 Å². The Labute approximate surface area is 172 Å². The molecule has 7 heteroatoms. The van der Waals surface area contributed by atoms with Crippen LogP contribution in [0.3, 0.4) is 0 Å². The van der Waals surface area contributed by atoms with Gasteiger partial charge in [0.15, 0.2) is 0 Å². The molecule has 0 aliphatic rings. The SMILES string of the molecule is O=C(N/N=C/c1cn(-c2ccccc2)nc1-c1cccnc1)c1ccccc1Cl. The molecule has 0 aliphatic heterocycles. The fraction of sp³-hybridized carbons (Fsp3) is 0. The third-order valence-corrected chi connectivity index (χ3v) is 4.52. The van der Waals surface area contributed by atoms with Crippen LogP contribution in [-0.4, -0.2) is 26.9 Å². The number of nitrogens with one attached hydrogen (secondary N) is 1. The smallest absolute Gasteiger partial charge is 0.267 e. The van der Waals surface area contributed by atoms with Gasteiger partial charge in [-0.25, -0.2) is 10.1 Å². The third kappa shape index (κ3) is 4.23. The van der Waals surface area contributed by atoms with Crippen LogP contribution in [0.5, 0.6) is 0 Å². The monoisotopic (exact) mass is 401 g/mol. The van der Waals surface area contributed by atoms with E-state index in [1.807, 2.05) is 48.7 Å². The van der Waals surface area contributed by atoms with Gasteiger partial charge in [-0.15, -0.1) is 0 Å². The van der Waals surface area contributed by atoms with Gasteiger partial charge < -0.3 is 0 Å². The summed E-state index contributed by atoms with van der Waals surface area (Å²) in [6, 6.07) is 20.3. The Morgan fingerprint density at radius 3 is 2.59 bits per heavy atom. The number of aromatic nitrogens is 3. The average Bonchev–Trinajstić information content (AvgIpc) is 3.19. The number of hydrazone groups is 1. The Balaban J connectivity index is 1.63. The zero-order chi connectivity index (χ0) is 20.1. The van der Waals surface area contributed by atoms with Crippen molar-refractivity contribution < 1.29 is 4.79 Å². The van der Waals surface area contributed by atoms with Gasteiger partial charge in [-0.3, -0.25) is 9.78 Å². The Morgan fingerprint density at radius 1 is 1.03 bits per heavy atom. The highest BCUT2D eigenvalue weighted by molar-refractivity contribution is 6.33. The van der Waals surface area contributed by atoms with E-state index >= 15 is 0 Å². The van der Waals surface area contributed by atoms with Gasteiger partial charge in [0.05, 0.1) is 22.5 Å². The highest BCUT2D eigenvalue weighted by atomic mass is 35.5. The minimum atomic E-state index is -0.384. The summed E-state index contributed by atoms with van der Waals surface area (Å²) in [7, 11) is 0. The second kappa shape index (κ2) is 8.50. The first kappa shape index (κ1) is 18.6. The summed E-state index contributed by atoms with van der Waals surface area (Å²) < 4.78 is 1.76. The van der Waals surface area contributed by atoms with Crippen molar-refractivity contribution in [2.24, 2.45) is 5.10 Å². The molecule has 1 N–H and O–H groups in total. The quantitative estimate of drug-likeness (QED) is 0.399. The lowest BCUT2D eigenvalue weighted by Crippen LogP contribution is -2.17. The van der Waals surface area contributed by atoms with Gasteiger partial charge >= 0.3 is 0 Å². The predicted molar refractivity (Wildman–Crippen MR) is 113 cm³/mol. The Kier molecular flexibility index (Phi) is 5.45. The van der Waals surface area contributed by atoms with Crippen molar-refractivity contribution in [1.82, 2.24) is 20.2 Å². The number of benzene rings is 2. The second-order valence-electron chi connectivity index (χ2n) is 6.13. The number of para-hydroxylation sites is 1. The van der Waals surface area contributed by atoms with Crippen LogP contribution in [0.15, 0.2) is 90.4 Å². The van der Waals surface area contributed by atoms with Gasteiger partial charge in [0.2, 0.25) is 0 Å². The molecule has 29 heavy (non-hydrogen) atoms. The van der Waals surface area contributed by atoms with E-state index in [0.717, 1.165) is 16.8 Å². The standard InChI is InChI=1S/C22H16ClN5O/c23-20-11-5-4-10-19(20)22(29)26-25-14-17-15-28(18-8-2-1-3-9-18)27-21(17)16-7-6-12-24-13-16/h1-15H,(H,26,29)/b25-14+. The number of carbonyl (C=O) groups excluding carboxylic acids is 1. The molecule has 0 radical (unpaired) electrons. The van der Waals surface area contributed by atoms with E-state index in [0.29, 0.717) is 16.3 Å². The highest BCUT2D eigenvalue weighted by Crippen LogP contribution is 2.22. The molecule has 4 rings (SSSR count). The van der Waals surface area contributed by atoms with Gasteiger partial charge in [-0.2, -0.15) is 10.2 Å². The number of hydrogen-bond acceptors (Lipinski definition) is 4. The fourth-order valence-electron chi connectivity index (χ4n) is 2.79. The van der Waals surface area contributed by atoms with Crippen LogP contribution in [0.25, 0.3) is 16.9 Å². The molecule has 0 fully saturated rings. The molecule has 0 spiro atoms. The molecule has 2 heterocycles. The van der Waals surface area contributed by atoms with Crippen LogP contribution in [0.2, 0.25) is 5.02 Å². The normalized spacial score (nSPS) is 10.9. The van der Waals surface area contributed by atoms with Crippen molar-refractivity contribution in [2.45, 2.75) is 0 Å². The lowest BCUT2D eigenvalue weighted by atomic mass is 10.1. The molecule has 1 amide bonds. The zero-order valence-corrected chi connectivity index (χ0v) is 16.0. The average molecular weight is 402 g/mol. The highest BCUT2D eigenvalue weighted by Gasteiger charge is 2.12. The van der Waals surface area contributed by atoms with Gasteiger partial charge in [0.1, 0.15) is 5.69 Å². The molecule has 0 saturated heterocycles. The first-order valence-corrected chi connectivity index (χ1v) is 9.23. The van der Waals surface area contributed by atoms with Crippen LogP contribution in [0.4, 0.5) is 0 Å². The van der Waals surface area contributed by atoms with Crippen molar-refractivity contribution in [3.05, 3.63) is 101 Å². The Hall–Kier alpha value is -3.77. The first-order valence-electron chi connectivity index (χ1n) is 8.86. The molecule has 2 aromatic heterocycles. The molecule has 2 aromatic carbocycles. The van der Waals surface area contributed by atoms with E-state index < -0.39 is 0 Å². The summed E-state index contributed by atoms with van der Waals surface area (Å²) >= 11 is 6.06. The van der Waals surface area contributed by atoms with Gasteiger partial charge in [-0.05, 0) is 36.4 Å². The zero-order valence-electron chi connectivity index (χ0n) is 15.2. The number of halogens is 1. The number of pyridine rings is 1. The summed E-state index contributed by atoms with van der Waals surface area (Å²) in [5.74, 6) is -0.384. The fourth-order valence-corrected chi connectivity index (χ4v) is 3.01. The van der Waals surface area contributed by atoms with E-state index in [9.17, 15) is 4.79 Å². The van der Waals surface area contributed by atoms with E-state index in [4.69, 9.17) is 11.6 Å². The van der Waals surface area contributed by atoms with Crippen molar-refractivity contribution in [3.8, 4) is 16.9 Å². The number of amides is 1. The summed E-state index contributed by atoms with van der Waals surface area (Å²) in [4.78, 5) is 16.5. The number of carbonyl (C=O) groups is 1. The van der Waals surface area contributed by atoms with Crippen LogP contribution in [0.1, 0.15) is 15.9 Å². The largest absolute Gasteiger partial charge is 0.272 e. The molecule has 0 saturated carbocycles. The summed E-state index contributed by atoms with van der Waals surface area (Å²) in [5, 5.41) is 9.14. The van der Waals surface area contributed by atoms with Crippen LogP contribution in [0, 0.1) is 0 Å². The maximum Gasteiger partial charge on any atom is 0.272 e. The minimum Gasteiger partial charge on any atom is -0.267 e. The summed E-state index contributed by atoms with van der Waals surface area (Å²) in [6.45, 7) is 0. The van der Waals surface area contributed by atoms with Crippen molar-refractivity contribution >= 4 is 23.7 Å². The minimum absolute atomic E-state index is 0.360. The number of hydrogen-bond donors (Lipinski definition) is 1. The Morgan fingerprint density at radius 2 is 1.83 bits per heavy atom. The number of nitrogens with zero attached hydrogens (tertiary/aromatic N) is 4. The van der Waals surface area contributed by atoms with E-state index in [1.54, 1.807) is 47.6 Å². The lowest BCUT2D eigenvalue weighted by molar-refractivity contribution is 0.0955. The molecule has 0 bridgehead atoms. The molecule has 6 nitrogen and oxygen atoms in total. The van der Waals surface area contributed by atoms with Crippen LogP contribution >= 0.6 is 11.6 Å². The summed E-state index contributed by atoms with van der Waals surface area (Å²) in [6.07, 6.45) is 6.85. The lowest BCUT2D eigenvalue weighted by Gasteiger charge is -2.01. The third-order valence-electron chi connectivity index (χ3n) is 4.19. The van der Waals surface area contributed by atoms with Gasteiger partial charge in [-0.1, -0.05) is 41.9 Å². The van der Waals surface area contributed by atoms with E-state index in [2.05, 4.69) is 20.6 Å². The van der Waals surface area contributed by atoms with E-state index in [1.165, 1.54) is 0 Å². The van der Waals surface area contributed by atoms with E-state index in [-0.39, 0.29) is 5.91 Å². The molecule has 142 valence electrons. The maximum atomic E-state index is 12.3. The molecular formula is C22H16ClN5O. The van der Waals surface area contributed by atoms with Crippen LogP contribution in [-0.2, 0) is 0 Å². The van der Waals surface area contributed by atoms with Crippen molar-refractivity contribution in [3.63, 3.8) is 0 Å².